The second-order valence-corrected chi connectivity index (χ2v) is 6.92. The highest BCUT2D eigenvalue weighted by Crippen LogP contribution is 2.21. The van der Waals surface area contributed by atoms with E-state index in [0.29, 0.717) is 6.07 Å². The molecular weight excluding hydrogens is 354 g/mol. The number of carbonyl (C=O) groups excluding carboxylic acids is 1. The minimum Gasteiger partial charge on any atom is -0.481 e. The normalized spacial score (nSPS) is 11.1. The summed E-state index contributed by atoms with van der Waals surface area (Å²) in [6.07, 6.45) is 0.942. The molecule has 1 aromatic heterocycles. The maximum absolute atomic E-state index is 13.3. The van der Waals surface area contributed by atoms with E-state index in [4.69, 9.17) is 4.74 Å². The van der Waals surface area contributed by atoms with Crippen LogP contribution in [0.1, 0.15) is 0 Å². The van der Waals surface area contributed by atoms with Gasteiger partial charge in [0.05, 0.1) is 6.26 Å². The third-order valence-electron chi connectivity index (χ3n) is 2.20. The number of carbonyl (C=O) groups is 1. The Morgan fingerprint density at radius 1 is 1.30 bits per heavy atom. The Bertz CT molecular complexity index is 825. The number of hydrogen-bond acceptors (Lipinski definition) is 7. The third kappa shape index (κ3) is 5.41. The van der Waals surface area contributed by atoms with E-state index >= 15 is 0 Å². The lowest BCUT2D eigenvalue weighted by atomic mass is 10.3. The monoisotopic (exact) mass is 364 g/mol. The van der Waals surface area contributed by atoms with Crippen LogP contribution in [-0.4, -0.2) is 37.4 Å². The van der Waals surface area contributed by atoms with Gasteiger partial charge < -0.3 is 4.74 Å². The first-order valence-electron chi connectivity index (χ1n) is 5.92. The number of nitrogens with one attached hydrogen (secondary N) is 2. The molecule has 0 radical (unpaired) electrons. The fraction of sp³-hybridized carbons (Fsp3) is 0.182. The summed E-state index contributed by atoms with van der Waals surface area (Å²) >= 11 is 0.791. The van der Waals surface area contributed by atoms with Gasteiger partial charge in [-0.15, -0.1) is 10.2 Å². The molecule has 12 heteroatoms. The zero-order valence-corrected chi connectivity index (χ0v) is 13.2. The Morgan fingerprint density at radius 2 is 2.00 bits per heavy atom. The van der Waals surface area contributed by atoms with E-state index in [0.717, 1.165) is 29.7 Å². The van der Waals surface area contributed by atoms with Gasteiger partial charge in [-0.2, -0.15) is 0 Å². The van der Waals surface area contributed by atoms with Crippen LogP contribution in [0.3, 0.4) is 0 Å². The molecule has 1 aromatic carbocycles. The van der Waals surface area contributed by atoms with E-state index in [1.807, 2.05) is 0 Å². The Hall–Kier alpha value is -2.34. The number of amides is 1. The summed E-state index contributed by atoms with van der Waals surface area (Å²) in [5.74, 6) is -2.65. The summed E-state index contributed by atoms with van der Waals surface area (Å²) in [5.41, 5.74) is 0. The first-order chi connectivity index (χ1) is 10.7. The van der Waals surface area contributed by atoms with Gasteiger partial charge in [0.15, 0.2) is 18.2 Å². The molecule has 0 saturated heterocycles. The number of ether oxygens (including phenoxy) is 1. The Morgan fingerprint density at radius 3 is 2.65 bits per heavy atom. The molecule has 2 N–H and O–H groups in total. The highest BCUT2D eigenvalue weighted by molar-refractivity contribution is 7.92. The van der Waals surface area contributed by atoms with E-state index in [1.54, 1.807) is 0 Å². The number of hydrogen-bond donors (Lipinski definition) is 2. The topological polar surface area (TPSA) is 110 Å². The molecule has 0 fully saturated rings. The lowest BCUT2D eigenvalue weighted by Crippen LogP contribution is -2.20. The van der Waals surface area contributed by atoms with Gasteiger partial charge in [0.1, 0.15) is 5.82 Å². The minimum atomic E-state index is -3.50. The number of aromatic nitrogens is 2. The van der Waals surface area contributed by atoms with Crippen molar-refractivity contribution in [2.24, 2.45) is 0 Å². The lowest BCUT2D eigenvalue weighted by Gasteiger charge is -2.06. The lowest BCUT2D eigenvalue weighted by molar-refractivity contribution is -0.118. The molecular formula is C11H10F2N4O4S2. The molecule has 0 aliphatic carbocycles. The quantitative estimate of drug-likeness (QED) is 0.797. The van der Waals surface area contributed by atoms with E-state index in [-0.39, 0.29) is 16.0 Å². The molecule has 1 heterocycles. The third-order valence-corrected chi connectivity index (χ3v) is 3.64. The largest absolute Gasteiger partial charge is 0.481 e. The predicted octanol–water partition coefficient (Wildman–Crippen LogP) is 1.21. The van der Waals surface area contributed by atoms with E-state index < -0.39 is 34.2 Å². The number of anilines is 2. The van der Waals surface area contributed by atoms with Crippen LogP contribution in [-0.2, 0) is 14.8 Å². The standard InChI is InChI=1S/C11H10F2N4O4S2/c1-23(19,20)17-11-16-15-10(22-11)14-9(18)5-21-8-3-2-6(12)4-7(8)13/h2-4H,5H2,1H3,(H,16,17)(H,14,15,18). The molecule has 2 rings (SSSR count). The molecule has 0 saturated carbocycles. The fourth-order valence-corrected chi connectivity index (χ4v) is 2.85. The van der Waals surface area contributed by atoms with Crippen LogP contribution >= 0.6 is 11.3 Å². The zero-order chi connectivity index (χ0) is 17.0. The van der Waals surface area contributed by atoms with Crippen molar-refractivity contribution in [1.82, 2.24) is 10.2 Å². The minimum absolute atomic E-state index is 0.0201. The number of nitrogens with zero attached hydrogens (tertiary/aromatic N) is 2. The summed E-state index contributed by atoms with van der Waals surface area (Å²) in [5, 5.41) is 9.38. The summed E-state index contributed by atoms with van der Waals surface area (Å²) in [6.45, 7) is -0.545. The maximum atomic E-state index is 13.3. The van der Waals surface area contributed by atoms with Gasteiger partial charge in [-0.1, -0.05) is 11.3 Å². The van der Waals surface area contributed by atoms with Crippen molar-refractivity contribution >= 4 is 37.5 Å². The van der Waals surface area contributed by atoms with Gasteiger partial charge in [0, 0.05) is 6.07 Å². The van der Waals surface area contributed by atoms with Crippen LogP contribution in [0.15, 0.2) is 18.2 Å². The van der Waals surface area contributed by atoms with Crippen molar-refractivity contribution in [3.05, 3.63) is 29.8 Å². The second kappa shape index (κ2) is 6.83. The van der Waals surface area contributed by atoms with Crippen molar-refractivity contribution in [3.8, 4) is 5.75 Å². The molecule has 2 aromatic rings. The molecule has 124 valence electrons. The van der Waals surface area contributed by atoms with Gasteiger partial charge in [0.25, 0.3) is 5.91 Å². The van der Waals surface area contributed by atoms with Crippen molar-refractivity contribution in [1.29, 1.82) is 0 Å². The maximum Gasteiger partial charge on any atom is 0.264 e. The molecule has 0 aliphatic heterocycles. The SMILES string of the molecule is CS(=O)(=O)Nc1nnc(NC(=O)COc2ccc(F)cc2F)s1. The summed E-state index contributed by atoms with van der Waals surface area (Å²) in [7, 11) is -3.50. The zero-order valence-electron chi connectivity index (χ0n) is 11.5. The van der Waals surface area contributed by atoms with Gasteiger partial charge in [-0.25, -0.2) is 17.2 Å². The smallest absolute Gasteiger partial charge is 0.264 e. The highest BCUT2D eigenvalue weighted by atomic mass is 32.2. The van der Waals surface area contributed by atoms with Gasteiger partial charge in [-0.05, 0) is 12.1 Å². The number of halogens is 2. The van der Waals surface area contributed by atoms with Crippen molar-refractivity contribution in [3.63, 3.8) is 0 Å². The van der Waals surface area contributed by atoms with Gasteiger partial charge in [-0.3, -0.25) is 14.8 Å². The molecule has 0 spiro atoms. The van der Waals surface area contributed by atoms with E-state index in [9.17, 15) is 22.0 Å². The van der Waals surface area contributed by atoms with Crippen molar-refractivity contribution in [2.45, 2.75) is 0 Å². The second-order valence-electron chi connectivity index (χ2n) is 4.20. The highest BCUT2D eigenvalue weighted by Gasteiger charge is 2.12. The fourth-order valence-electron chi connectivity index (χ4n) is 1.36. The average molecular weight is 364 g/mol. The van der Waals surface area contributed by atoms with Crippen LogP contribution in [0.4, 0.5) is 19.0 Å². The van der Waals surface area contributed by atoms with Crippen LogP contribution < -0.4 is 14.8 Å². The molecule has 1 amide bonds. The van der Waals surface area contributed by atoms with E-state index in [2.05, 4.69) is 20.2 Å². The number of sulfonamides is 1. The van der Waals surface area contributed by atoms with Crippen LogP contribution in [0.5, 0.6) is 5.75 Å². The Balaban J connectivity index is 1.90. The van der Waals surface area contributed by atoms with Crippen molar-refractivity contribution < 1.29 is 26.7 Å². The molecule has 23 heavy (non-hydrogen) atoms. The average Bonchev–Trinajstić information content (AvgIpc) is 2.82. The summed E-state index contributed by atoms with van der Waals surface area (Å²) in [6, 6.07) is 2.67. The molecule has 0 unspecified atom stereocenters. The Kier molecular flexibility index (Phi) is 5.05. The summed E-state index contributed by atoms with van der Waals surface area (Å²) in [4.78, 5) is 11.6. The number of benzene rings is 1. The van der Waals surface area contributed by atoms with Crippen LogP contribution in [0.25, 0.3) is 0 Å². The molecule has 0 aliphatic rings. The molecule has 0 bridgehead atoms. The predicted molar refractivity (Wildman–Crippen MR) is 78.9 cm³/mol. The van der Waals surface area contributed by atoms with E-state index in [1.165, 1.54) is 0 Å². The molecule has 0 atom stereocenters. The van der Waals surface area contributed by atoms with Crippen LogP contribution in [0, 0.1) is 11.6 Å². The Labute approximate surface area is 133 Å². The summed E-state index contributed by atoms with van der Waals surface area (Å²) < 4.78 is 55.0. The van der Waals surface area contributed by atoms with Crippen molar-refractivity contribution in [2.75, 3.05) is 22.9 Å². The van der Waals surface area contributed by atoms with Gasteiger partial charge >= 0.3 is 0 Å². The van der Waals surface area contributed by atoms with Gasteiger partial charge in [0.2, 0.25) is 20.3 Å². The number of rotatable bonds is 6. The van der Waals surface area contributed by atoms with Crippen LogP contribution in [0.2, 0.25) is 0 Å². The first-order valence-corrected chi connectivity index (χ1v) is 8.63. The first kappa shape index (κ1) is 17.0. The molecule has 8 nitrogen and oxygen atoms in total.